The minimum Gasteiger partial charge on any atom is -0.490 e. The summed E-state index contributed by atoms with van der Waals surface area (Å²) in [5.74, 6) is 1.07. The molecule has 0 fully saturated rings. The highest BCUT2D eigenvalue weighted by Gasteiger charge is 2.04. The van der Waals surface area contributed by atoms with E-state index in [1.807, 2.05) is 6.07 Å². The lowest BCUT2D eigenvalue weighted by molar-refractivity contribution is 0.0944. The van der Waals surface area contributed by atoms with Gasteiger partial charge >= 0.3 is 0 Å². The summed E-state index contributed by atoms with van der Waals surface area (Å²) in [6.07, 6.45) is 0. The van der Waals surface area contributed by atoms with E-state index in [-0.39, 0.29) is 19.1 Å². The van der Waals surface area contributed by atoms with Crippen molar-refractivity contribution in [3.8, 4) is 17.6 Å². The molecule has 0 saturated heterocycles. The van der Waals surface area contributed by atoms with Gasteiger partial charge in [-0.25, -0.2) is 0 Å². The zero-order valence-electron chi connectivity index (χ0n) is 13.1. The Hall–Kier alpha value is -3.04. The summed E-state index contributed by atoms with van der Waals surface area (Å²) in [7, 11) is 0. The van der Waals surface area contributed by atoms with Crippen LogP contribution in [0.2, 0.25) is 0 Å². The van der Waals surface area contributed by atoms with Gasteiger partial charge in [0.05, 0.1) is 18.2 Å². The Kier molecular flexibility index (Phi) is 6.62. The van der Waals surface area contributed by atoms with E-state index in [1.165, 1.54) is 0 Å². The number of aliphatic hydroxyl groups is 1. The molecule has 0 aliphatic heterocycles. The van der Waals surface area contributed by atoms with Crippen LogP contribution in [0.1, 0.15) is 15.9 Å². The van der Waals surface area contributed by atoms with Gasteiger partial charge in [-0.3, -0.25) is 4.79 Å². The van der Waals surface area contributed by atoms with Crippen molar-refractivity contribution >= 4 is 5.91 Å². The number of amides is 1. The van der Waals surface area contributed by atoms with Crippen LogP contribution in [-0.2, 0) is 0 Å². The number of nitrogens with one attached hydrogen (secondary N) is 1. The van der Waals surface area contributed by atoms with Crippen LogP contribution in [0.4, 0.5) is 0 Å². The average Bonchev–Trinajstić information content (AvgIpc) is 2.64. The minimum atomic E-state index is -0.236. The van der Waals surface area contributed by atoms with Crippen LogP contribution in [0.5, 0.6) is 11.5 Å². The molecule has 0 heterocycles. The molecular weight excluding hydrogens is 308 g/mol. The summed E-state index contributed by atoms with van der Waals surface area (Å²) in [6.45, 7) is 0.858. The molecule has 0 saturated carbocycles. The monoisotopic (exact) mass is 326 g/mol. The molecule has 0 aliphatic carbocycles. The fourth-order valence-corrected chi connectivity index (χ4v) is 1.92. The Balaban J connectivity index is 1.74. The normalized spacial score (nSPS) is 9.83. The van der Waals surface area contributed by atoms with Gasteiger partial charge in [-0.1, -0.05) is 0 Å². The number of hydrogen-bond donors (Lipinski definition) is 2. The molecule has 124 valence electrons. The Morgan fingerprint density at radius 2 is 1.54 bits per heavy atom. The predicted octanol–water partition coefficient (Wildman–Crippen LogP) is 1.74. The number of ether oxygens (including phenoxy) is 2. The lowest BCUT2D eigenvalue weighted by Gasteiger charge is -2.09. The number of nitrogens with zero attached hydrogens (tertiary/aromatic N) is 1. The number of carbonyl (C=O) groups excluding carboxylic acids is 1. The van der Waals surface area contributed by atoms with Crippen LogP contribution in [0.15, 0.2) is 48.5 Å². The fourth-order valence-electron chi connectivity index (χ4n) is 1.92. The van der Waals surface area contributed by atoms with E-state index < -0.39 is 0 Å². The molecule has 0 bridgehead atoms. The molecule has 2 N–H and O–H groups in total. The van der Waals surface area contributed by atoms with Gasteiger partial charge in [0.15, 0.2) is 0 Å². The van der Waals surface area contributed by atoms with Gasteiger partial charge in [0.25, 0.3) is 5.91 Å². The zero-order valence-corrected chi connectivity index (χ0v) is 13.1. The highest BCUT2D eigenvalue weighted by Crippen LogP contribution is 2.13. The minimum absolute atomic E-state index is 0.0911. The van der Waals surface area contributed by atoms with E-state index in [2.05, 4.69) is 5.32 Å². The molecule has 0 aromatic heterocycles. The third kappa shape index (κ3) is 5.30. The van der Waals surface area contributed by atoms with E-state index in [0.29, 0.717) is 35.8 Å². The second-order valence-electron chi connectivity index (χ2n) is 4.84. The second kappa shape index (κ2) is 9.18. The standard InChI is InChI=1S/C18H18N2O4/c19-13-14-1-5-16(6-2-14)23-11-12-24-17-7-3-15(4-8-17)18(22)20-9-10-21/h1-8,21H,9-12H2,(H,20,22). The molecule has 2 aromatic rings. The summed E-state index contributed by atoms with van der Waals surface area (Å²) in [4.78, 5) is 11.7. The van der Waals surface area contributed by atoms with E-state index in [9.17, 15) is 4.79 Å². The molecule has 6 nitrogen and oxygen atoms in total. The van der Waals surface area contributed by atoms with Crippen LogP contribution < -0.4 is 14.8 Å². The average molecular weight is 326 g/mol. The SMILES string of the molecule is N#Cc1ccc(OCCOc2ccc(C(=O)NCCO)cc2)cc1. The Labute approximate surface area is 140 Å². The van der Waals surface area contributed by atoms with Gasteiger partial charge < -0.3 is 19.9 Å². The molecule has 0 radical (unpaired) electrons. The number of rotatable bonds is 8. The smallest absolute Gasteiger partial charge is 0.251 e. The van der Waals surface area contributed by atoms with E-state index in [1.54, 1.807) is 48.5 Å². The van der Waals surface area contributed by atoms with Gasteiger partial charge in [-0.15, -0.1) is 0 Å². The van der Waals surface area contributed by atoms with Gasteiger partial charge in [-0.2, -0.15) is 5.26 Å². The van der Waals surface area contributed by atoms with Gasteiger partial charge in [0.1, 0.15) is 24.7 Å². The first kappa shape index (κ1) is 17.3. The lowest BCUT2D eigenvalue weighted by Crippen LogP contribution is -2.26. The first-order chi connectivity index (χ1) is 11.7. The summed E-state index contributed by atoms with van der Waals surface area (Å²) < 4.78 is 11.1. The predicted molar refractivity (Wildman–Crippen MR) is 88.0 cm³/mol. The van der Waals surface area contributed by atoms with E-state index >= 15 is 0 Å². The molecule has 0 unspecified atom stereocenters. The third-order valence-corrected chi connectivity index (χ3v) is 3.12. The van der Waals surface area contributed by atoms with Crippen molar-refractivity contribution in [2.75, 3.05) is 26.4 Å². The summed E-state index contributed by atoms with van der Waals surface area (Å²) in [5.41, 5.74) is 1.09. The topological polar surface area (TPSA) is 91.6 Å². The maximum absolute atomic E-state index is 11.7. The molecule has 1 amide bonds. The lowest BCUT2D eigenvalue weighted by atomic mass is 10.2. The summed E-state index contributed by atoms with van der Waals surface area (Å²) in [6, 6.07) is 15.6. The fraction of sp³-hybridized carbons (Fsp3) is 0.222. The Morgan fingerprint density at radius 1 is 1.00 bits per heavy atom. The highest BCUT2D eigenvalue weighted by molar-refractivity contribution is 5.94. The third-order valence-electron chi connectivity index (χ3n) is 3.12. The first-order valence-electron chi connectivity index (χ1n) is 7.48. The molecule has 2 aromatic carbocycles. The van der Waals surface area contributed by atoms with E-state index in [4.69, 9.17) is 19.8 Å². The Morgan fingerprint density at radius 3 is 2.04 bits per heavy atom. The zero-order chi connectivity index (χ0) is 17.2. The molecule has 2 rings (SSSR count). The van der Waals surface area contributed by atoms with Crippen molar-refractivity contribution in [1.29, 1.82) is 5.26 Å². The largest absolute Gasteiger partial charge is 0.490 e. The number of nitriles is 1. The van der Waals surface area contributed by atoms with Crippen molar-refractivity contribution in [2.45, 2.75) is 0 Å². The number of hydrogen-bond acceptors (Lipinski definition) is 5. The van der Waals surface area contributed by atoms with Crippen molar-refractivity contribution in [2.24, 2.45) is 0 Å². The number of aliphatic hydroxyl groups excluding tert-OH is 1. The maximum atomic E-state index is 11.7. The highest BCUT2D eigenvalue weighted by atomic mass is 16.5. The van der Waals surface area contributed by atoms with Crippen LogP contribution in [0, 0.1) is 11.3 Å². The Bertz CT molecular complexity index is 690. The first-order valence-corrected chi connectivity index (χ1v) is 7.48. The van der Waals surface area contributed by atoms with Gasteiger partial charge in [0.2, 0.25) is 0 Å². The molecule has 24 heavy (non-hydrogen) atoms. The van der Waals surface area contributed by atoms with Crippen molar-refractivity contribution in [3.05, 3.63) is 59.7 Å². The van der Waals surface area contributed by atoms with Crippen LogP contribution in [0.25, 0.3) is 0 Å². The summed E-state index contributed by atoms with van der Waals surface area (Å²) in [5, 5.41) is 20.0. The molecule has 6 heteroatoms. The molecule has 0 atom stereocenters. The molecule has 0 aliphatic rings. The second-order valence-corrected chi connectivity index (χ2v) is 4.84. The maximum Gasteiger partial charge on any atom is 0.251 e. The van der Waals surface area contributed by atoms with Gasteiger partial charge in [-0.05, 0) is 48.5 Å². The van der Waals surface area contributed by atoms with Crippen LogP contribution in [0.3, 0.4) is 0 Å². The van der Waals surface area contributed by atoms with E-state index in [0.717, 1.165) is 0 Å². The molecular formula is C18H18N2O4. The number of benzene rings is 2. The van der Waals surface area contributed by atoms with Crippen molar-refractivity contribution < 1.29 is 19.4 Å². The summed E-state index contributed by atoms with van der Waals surface area (Å²) >= 11 is 0. The van der Waals surface area contributed by atoms with Crippen LogP contribution in [-0.4, -0.2) is 37.4 Å². The van der Waals surface area contributed by atoms with Crippen molar-refractivity contribution in [3.63, 3.8) is 0 Å². The van der Waals surface area contributed by atoms with Gasteiger partial charge in [0, 0.05) is 12.1 Å². The van der Waals surface area contributed by atoms with Crippen molar-refractivity contribution in [1.82, 2.24) is 5.32 Å². The number of carbonyl (C=O) groups is 1. The molecule has 0 spiro atoms. The van der Waals surface area contributed by atoms with Crippen LogP contribution >= 0.6 is 0 Å². The quantitative estimate of drug-likeness (QED) is 0.721.